The van der Waals surface area contributed by atoms with Crippen LogP contribution in [-0.2, 0) is 4.74 Å². The monoisotopic (exact) mass is 499 g/mol. The highest BCUT2D eigenvalue weighted by molar-refractivity contribution is 6.31. The lowest BCUT2D eigenvalue weighted by molar-refractivity contribution is -0.0452. The van der Waals surface area contributed by atoms with Crippen LogP contribution in [0.1, 0.15) is 20.8 Å². The molecule has 1 aromatic heterocycles. The maximum absolute atomic E-state index is 12.3. The van der Waals surface area contributed by atoms with Crippen LogP contribution in [0.2, 0.25) is 10.3 Å². The topological polar surface area (TPSA) is 61.8 Å². The molecule has 5 rings (SSSR count). The van der Waals surface area contributed by atoms with Gasteiger partial charge in [-0.05, 0) is 68.8 Å². The van der Waals surface area contributed by atoms with Crippen molar-refractivity contribution < 1.29 is 9.53 Å². The Morgan fingerprint density at radius 3 is 2.50 bits per heavy atom. The molecule has 34 heavy (non-hydrogen) atoms. The molecule has 3 heterocycles. The molecular weight excluding hydrogens is 473 g/mol. The highest BCUT2D eigenvalue weighted by Gasteiger charge is 2.54. The van der Waals surface area contributed by atoms with Crippen LogP contribution in [-0.4, -0.2) is 59.8 Å². The molecule has 0 unspecified atom stereocenters. The van der Waals surface area contributed by atoms with E-state index in [-0.39, 0.29) is 16.8 Å². The molecule has 3 aromatic rings. The van der Waals surface area contributed by atoms with Gasteiger partial charge in [-0.25, -0.2) is 9.78 Å². The first-order chi connectivity index (χ1) is 16.0. The van der Waals surface area contributed by atoms with E-state index in [4.69, 9.17) is 27.9 Å². The van der Waals surface area contributed by atoms with E-state index < -0.39 is 5.60 Å². The van der Waals surface area contributed by atoms with Gasteiger partial charge >= 0.3 is 6.09 Å². The number of benzene rings is 2. The average Bonchev–Trinajstić information content (AvgIpc) is 2.69. The molecule has 178 valence electrons. The Kier molecular flexibility index (Phi) is 5.52. The van der Waals surface area contributed by atoms with Gasteiger partial charge in [0, 0.05) is 60.4 Å². The fourth-order valence-corrected chi connectivity index (χ4v) is 5.04. The lowest BCUT2D eigenvalue weighted by Gasteiger charge is -2.60. The average molecular weight is 500 g/mol. The van der Waals surface area contributed by atoms with Crippen molar-refractivity contribution in [2.75, 3.05) is 43.0 Å². The Bertz CT molecular complexity index is 1260. The second kappa shape index (κ2) is 8.17. The first-order valence-corrected chi connectivity index (χ1v) is 12.0. The minimum Gasteiger partial charge on any atom is -0.444 e. The maximum Gasteiger partial charge on any atom is 0.410 e. The van der Waals surface area contributed by atoms with Crippen LogP contribution in [0.15, 0.2) is 42.5 Å². The van der Waals surface area contributed by atoms with Crippen molar-refractivity contribution >= 4 is 57.4 Å². The summed E-state index contributed by atoms with van der Waals surface area (Å²) in [4.78, 5) is 27.2. The predicted molar refractivity (Wildman–Crippen MR) is 137 cm³/mol. The van der Waals surface area contributed by atoms with E-state index >= 15 is 0 Å². The lowest BCUT2D eigenvalue weighted by Crippen LogP contribution is -2.73. The van der Waals surface area contributed by atoms with Crippen LogP contribution in [0.4, 0.5) is 22.0 Å². The molecule has 2 aromatic carbocycles. The third-order valence-electron chi connectivity index (χ3n) is 6.27. The number of rotatable bonds is 3. The number of amides is 1. The third-order valence-corrected chi connectivity index (χ3v) is 6.67. The van der Waals surface area contributed by atoms with Gasteiger partial charge in [-0.2, -0.15) is 4.98 Å². The zero-order chi connectivity index (χ0) is 24.3. The van der Waals surface area contributed by atoms with Crippen LogP contribution in [0.3, 0.4) is 0 Å². The second-order valence-corrected chi connectivity index (χ2v) is 11.0. The zero-order valence-electron chi connectivity index (χ0n) is 19.7. The molecule has 0 atom stereocenters. The second-order valence-electron chi connectivity index (χ2n) is 10.2. The third kappa shape index (κ3) is 4.34. The number of ether oxygens (including phenoxy) is 1. The van der Waals surface area contributed by atoms with E-state index in [0.29, 0.717) is 10.5 Å². The van der Waals surface area contributed by atoms with E-state index in [1.54, 1.807) is 11.0 Å². The Morgan fingerprint density at radius 2 is 1.79 bits per heavy atom. The van der Waals surface area contributed by atoms with Crippen molar-refractivity contribution in [3.8, 4) is 0 Å². The molecular formula is C25H27Cl2N5O2. The van der Waals surface area contributed by atoms with Crippen molar-refractivity contribution in [1.82, 2.24) is 14.9 Å². The Labute approximate surface area is 209 Å². The van der Waals surface area contributed by atoms with Gasteiger partial charge in [0.1, 0.15) is 11.4 Å². The van der Waals surface area contributed by atoms with Gasteiger partial charge < -0.3 is 19.4 Å². The van der Waals surface area contributed by atoms with Crippen LogP contribution < -0.4 is 9.80 Å². The Balaban J connectivity index is 1.29. The van der Waals surface area contributed by atoms with Crippen molar-refractivity contribution in [1.29, 1.82) is 0 Å². The molecule has 1 amide bonds. The number of halogens is 2. The van der Waals surface area contributed by atoms with E-state index in [1.165, 1.54) is 0 Å². The number of aromatic nitrogens is 2. The van der Waals surface area contributed by atoms with E-state index in [9.17, 15) is 4.79 Å². The van der Waals surface area contributed by atoms with Gasteiger partial charge in [0.05, 0.1) is 5.52 Å². The van der Waals surface area contributed by atoms with Crippen molar-refractivity contribution in [3.63, 3.8) is 0 Å². The largest absolute Gasteiger partial charge is 0.444 e. The molecule has 0 bridgehead atoms. The quantitative estimate of drug-likeness (QED) is 0.426. The molecule has 2 aliphatic heterocycles. The van der Waals surface area contributed by atoms with Gasteiger partial charge in [-0.3, -0.25) is 0 Å². The van der Waals surface area contributed by atoms with Crippen molar-refractivity contribution in [2.45, 2.75) is 26.4 Å². The van der Waals surface area contributed by atoms with E-state index in [1.807, 2.05) is 57.0 Å². The van der Waals surface area contributed by atoms with Gasteiger partial charge in [-0.1, -0.05) is 17.7 Å². The summed E-state index contributed by atoms with van der Waals surface area (Å²) >= 11 is 12.3. The number of carbonyl (C=O) groups excluding carboxylic acids is 1. The summed E-state index contributed by atoms with van der Waals surface area (Å²) < 4.78 is 5.49. The number of fused-ring (bicyclic) bond motifs is 1. The number of hydrogen-bond acceptors (Lipinski definition) is 6. The molecule has 0 radical (unpaired) electrons. The fraction of sp³-hybridized carbons (Fsp3) is 0.400. The number of nitrogens with zero attached hydrogens (tertiary/aromatic N) is 5. The van der Waals surface area contributed by atoms with E-state index in [2.05, 4.69) is 27.0 Å². The van der Waals surface area contributed by atoms with Gasteiger partial charge in [-0.15, -0.1) is 0 Å². The Morgan fingerprint density at radius 1 is 1.06 bits per heavy atom. The molecule has 0 aliphatic carbocycles. The molecule has 2 saturated heterocycles. The normalized spacial score (nSPS) is 16.9. The van der Waals surface area contributed by atoms with Crippen LogP contribution >= 0.6 is 23.2 Å². The maximum atomic E-state index is 12.3. The molecule has 7 nitrogen and oxygen atoms in total. The summed E-state index contributed by atoms with van der Waals surface area (Å²) in [5, 5.41) is 1.66. The van der Waals surface area contributed by atoms with Crippen molar-refractivity contribution in [2.24, 2.45) is 5.41 Å². The molecule has 9 heteroatoms. The van der Waals surface area contributed by atoms with Crippen LogP contribution in [0.25, 0.3) is 10.9 Å². The predicted octanol–water partition coefficient (Wildman–Crippen LogP) is 5.76. The minimum absolute atomic E-state index is 0.161. The summed E-state index contributed by atoms with van der Waals surface area (Å²) in [5.74, 6) is 0.718. The van der Waals surface area contributed by atoms with Gasteiger partial charge in [0.2, 0.25) is 5.28 Å². The minimum atomic E-state index is -0.469. The highest BCUT2D eigenvalue weighted by atomic mass is 35.5. The van der Waals surface area contributed by atoms with E-state index in [0.717, 1.165) is 48.8 Å². The molecule has 1 spiro atoms. The summed E-state index contributed by atoms with van der Waals surface area (Å²) in [6.45, 7) is 8.99. The van der Waals surface area contributed by atoms with Crippen LogP contribution in [0, 0.1) is 5.41 Å². The number of carbonyl (C=O) groups is 1. The first kappa shape index (κ1) is 23.0. The summed E-state index contributed by atoms with van der Waals surface area (Å²) in [6.07, 6.45) is -0.225. The summed E-state index contributed by atoms with van der Waals surface area (Å²) in [6, 6.07) is 13.9. The molecule has 2 aliphatic rings. The SMILES string of the molecule is CN(c1cccc(N2CC3(CN(C(=O)OC(C)(C)C)C3)C2)c1)c1nc(Cl)nc2cc(Cl)ccc12. The van der Waals surface area contributed by atoms with Crippen molar-refractivity contribution in [3.05, 3.63) is 52.8 Å². The number of likely N-dealkylation sites (tertiary alicyclic amines) is 1. The van der Waals surface area contributed by atoms with Gasteiger partial charge in [0.25, 0.3) is 0 Å². The zero-order valence-corrected chi connectivity index (χ0v) is 21.2. The molecule has 0 N–H and O–H groups in total. The number of hydrogen-bond donors (Lipinski definition) is 0. The lowest BCUT2D eigenvalue weighted by atomic mass is 9.73. The summed E-state index contributed by atoms with van der Waals surface area (Å²) in [5.41, 5.74) is 2.53. The first-order valence-electron chi connectivity index (χ1n) is 11.2. The summed E-state index contributed by atoms with van der Waals surface area (Å²) in [7, 11) is 1.97. The van der Waals surface area contributed by atoms with Gasteiger partial charge in [0.15, 0.2) is 0 Å². The molecule has 2 fully saturated rings. The Hall–Kier alpha value is -2.77. The highest BCUT2D eigenvalue weighted by Crippen LogP contribution is 2.43. The standard InChI is InChI=1S/C25H27Cl2N5O2/c1-24(2,3)34-23(33)32-14-25(15-32)12-31(13-25)18-7-5-6-17(11-18)30(4)21-19-9-8-16(26)10-20(19)28-22(27)29-21/h5-11H,12-15H2,1-4H3. The molecule has 0 saturated carbocycles. The number of anilines is 3. The fourth-order valence-electron chi connectivity index (χ4n) is 4.70. The van der Waals surface area contributed by atoms with Crippen LogP contribution in [0.5, 0.6) is 0 Å². The smallest absolute Gasteiger partial charge is 0.410 e.